The first-order valence-corrected chi connectivity index (χ1v) is 4.19. The lowest BCUT2D eigenvalue weighted by Crippen LogP contribution is -2.22. The highest BCUT2D eigenvalue weighted by atomic mass is 15.1. The van der Waals surface area contributed by atoms with Gasteiger partial charge in [0.25, 0.3) is 0 Å². The van der Waals surface area contributed by atoms with Crippen LogP contribution >= 0.6 is 0 Å². The quantitative estimate of drug-likeness (QED) is 0.697. The molecule has 1 aliphatic carbocycles. The minimum atomic E-state index is 0.109. The van der Waals surface area contributed by atoms with E-state index in [1.54, 1.807) is 6.20 Å². The molecule has 0 bridgehead atoms. The maximum atomic E-state index is 5.93. The van der Waals surface area contributed by atoms with Crippen LogP contribution in [0.5, 0.6) is 0 Å². The molecule has 4 nitrogen and oxygen atoms in total. The van der Waals surface area contributed by atoms with E-state index in [2.05, 4.69) is 15.2 Å². The lowest BCUT2D eigenvalue weighted by atomic mass is 10.1. The average Bonchev–Trinajstić information content (AvgIpc) is 2.84. The van der Waals surface area contributed by atoms with Gasteiger partial charge < -0.3 is 5.73 Å². The zero-order valence-electron chi connectivity index (χ0n) is 6.90. The van der Waals surface area contributed by atoms with Crippen molar-refractivity contribution in [3.63, 3.8) is 0 Å². The Hall–Kier alpha value is -1.03. The molecule has 1 heterocycles. The molecular formula is C8H12N4. The van der Waals surface area contributed by atoms with Gasteiger partial charge in [-0.15, -0.1) is 5.10 Å². The zero-order valence-corrected chi connectivity index (χ0v) is 6.90. The van der Waals surface area contributed by atoms with Gasteiger partial charge in [-0.25, -0.2) is 4.98 Å². The molecule has 0 amide bonds. The number of nitrogens with two attached hydrogens (primary N) is 1. The van der Waals surface area contributed by atoms with Crippen LogP contribution in [0.25, 0.3) is 0 Å². The Balaban J connectivity index is 1.88. The number of nitrogens with zero attached hydrogens (tertiary/aromatic N) is 3. The normalized spacial score (nSPS) is 19.1. The van der Waals surface area contributed by atoms with Crippen molar-refractivity contribution in [2.24, 2.45) is 5.73 Å². The molecule has 0 atom stereocenters. The number of hydrogen-bond acceptors (Lipinski definition) is 4. The molecule has 64 valence electrons. The van der Waals surface area contributed by atoms with Crippen molar-refractivity contribution in [1.82, 2.24) is 15.2 Å². The molecule has 12 heavy (non-hydrogen) atoms. The molecule has 1 saturated carbocycles. The van der Waals surface area contributed by atoms with Crippen molar-refractivity contribution in [3.05, 3.63) is 18.2 Å². The van der Waals surface area contributed by atoms with Crippen LogP contribution in [0.1, 0.15) is 25.0 Å². The monoisotopic (exact) mass is 164 g/mol. The minimum Gasteiger partial charge on any atom is -0.325 e. The predicted octanol–water partition coefficient (Wildman–Crippen LogP) is 0.295. The summed E-state index contributed by atoms with van der Waals surface area (Å²) >= 11 is 0. The van der Waals surface area contributed by atoms with Crippen LogP contribution in [0.2, 0.25) is 0 Å². The van der Waals surface area contributed by atoms with Gasteiger partial charge in [0.15, 0.2) is 0 Å². The van der Waals surface area contributed by atoms with Crippen LogP contribution in [-0.2, 0) is 6.42 Å². The lowest BCUT2D eigenvalue weighted by molar-refractivity contribution is 0.598. The summed E-state index contributed by atoms with van der Waals surface area (Å²) in [6, 6.07) is 0. The molecule has 0 unspecified atom stereocenters. The van der Waals surface area contributed by atoms with E-state index >= 15 is 0 Å². The second-order valence-electron chi connectivity index (χ2n) is 3.46. The van der Waals surface area contributed by atoms with Crippen molar-refractivity contribution in [1.29, 1.82) is 0 Å². The van der Waals surface area contributed by atoms with Gasteiger partial charge in [-0.05, 0) is 25.7 Å². The van der Waals surface area contributed by atoms with Gasteiger partial charge in [-0.1, -0.05) is 0 Å². The van der Waals surface area contributed by atoms with Crippen molar-refractivity contribution in [3.8, 4) is 0 Å². The van der Waals surface area contributed by atoms with Gasteiger partial charge in [0.2, 0.25) is 0 Å². The summed E-state index contributed by atoms with van der Waals surface area (Å²) < 4.78 is 0. The van der Waals surface area contributed by atoms with E-state index in [1.165, 1.54) is 6.33 Å². The first-order valence-electron chi connectivity index (χ1n) is 4.19. The van der Waals surface area contributed by atoms with Crippen molar-refractivity contribution >= 4 is 0 Å². The Labute approximate surface area is 71.2 Å². The van der Waals surface area contributed by atoms with Gasteiger partial charge in [0, 0.05) is 5.54 Å². The molecule has 0 aliphatic heterocycles. The Kier molecular flexibility index (Phi) is 1.77. The van der Waals surface area contributed by atoms with Crippen LogP contribution in [0.15, 0.2) is 12.5 Å². The highest BCUT2D eigenvalue weighted by Crippen LogP contribution is 2.36. The number of hydrogen-bond donors (Lipinski definition) is 1. The third-order valence-electron chi connectivity index (χ3n) is 2.30. The molecule has 0 aromatic carbocycles. The molecule has 2 N–H and O–H groups in total. The molecular weight excluding hydrogens is 152 g/mol. The largest absolute Gasteiger partial charge is 0.325 e. The fourth-order valence-electron chi connectivity index (χ4n) is 1.18. The zero-order chi connectivity index (χ0) is 8.44. The van der Waals surface area contributed by atoms with Crippen molar-refractivity contribution in [2.75, 3.05) is 0 Å². The summed E-state index contributed by atoms with van der Waals surface area (Å²) in [5.74, 6) is 0. The summed E-state index contributed by atoms with van der Waals surface area (Å²) in [7, 11) is 0. The Bertz CT molecular complexity index is 255. The van der Waals surface area contributed by atoms with E-state index in [-0.39, 0.29) is 5.54 Å². The molecule has 0 radical (unpaired) electrons. The second-order valence-corrected chi connectivity index (χ2v) is 3.46. The fourth-order valence-corrected chi connectivity index (χ4v) is 1.18. The van der Waals surface area contributed by atoms with Crippen LogP contribution < -0.4 is 5.73 Å². The predicted molar refractivity (Wildman–Crippen MR) is 44.3 cm³/mol. The number of aryl methyl sites for hydroxylation is 1. The molecule has 1 aromatic heterocycles. The van der Waals surface area contributed by atoms with Gasteiger partial charge in [-0.3, -0.25) is 0 Å². The topological polar surface area (TPSA) is 64.7 Å². The molecule has 0 spiro atoms. The first kappa shape index (κ1) is 7.61. The highest BCUT2D eigenvalue weighted by Gasteiger charge is 2.37. The van der Waals surface area contributed by atoms with Crippen LogP contribution in [0, 0.1) is 0 Å². The lowest BCUT2D eigenvalue weighted by Gasteiger charge is -2.05. The molecule has 4 heteroatoms. The molecule has 1 aliphatic rings. The van der Waals surface area contributed by atoms with E-state index in [0.717, 1.165) is 31.4 Å². The maximum absolute atomic E-state index is 5.93. The van der Waals surface area contributed by atoms with Gasteiger partial charge in [0.05, 0.1) is 11.9 Å². The average molecular weight is 164 g/mol. The summed E-state index contributed by atoms with van der Waals surface area (Å²) in [5.41, 5.74) is 6.97. The second kappa shape index (κ2) is 2.79. The van der Waals surface area contributed by atoms with E-state index < -0.39 is 0 Å². The Morgan fingerprint density at radius 2 is 2.33 bits per heavy atom. The highest BCUT2D eigenvalue weighted by molar-refractivity contribution is 5.02. The summed E-state index contributed by atoms with van der Waals surface area (Å²) in [5, 5.41) is 7.65. The Morgan fingerprint density at radius 3 is 2.92 bits per heavy atom. The van der Waals surface area contributed by atoms with Crippen LogP contribution in [0.3, 0.4) is 0 Å². The van der Waals surface area contributed by atoms with Gasteiger partial charge >= 0.3 is 0 Å². The minimum absolute atomic E-state index is 0.109. The molecule has 2 rings (SSSR count). The van der Waals surface area contributed by atoms with Crippen molar-refractivity contribution < 1.29 is 0 Å². The van der Waals surface area contributed by atoms with Crippen molar-refractivity contribution in [2.45, 2.75) is 31.2 Å². The standard InChI is InChI=1S/C8H12N4/c9-8(3-4-8)2-1-7-5-10-6-11-12-7/h5-6H,1-4,9H2. The van der Waals surface area contributed by atoms with E-state index in [1.807, 2.05) is 0 Å². The van der Waals surface area contributed by atoms with Gasteiger partial charge in [0.1, 0.15) is 6.33 Å². The number of aromatic nitrogens is 3. The van der Waals surface area contributed by atoms with E-state index in [9.17, 15) is 0 Å². The van der Waals surface area contributed by atoms with E-state index in [0.29, 0.717) is 0 Å². The molecule has 0 saturated heterocycles. The SMILES string of the molecule is NC1(CCc2cncnn2)CC1. The maximum Gasteiger partial charge on any atom is 0.138 e. The van der Waals surface area contributed by atoms with Crippen LogP contribution in [0.4, 0.5) is 0 Å². The number of rotatable bonds is 3. The van der Waals surface area contributed by atoms with Crippen LogP contribution in [-0.4, -0.2) is 20.7 Å². The van der Waals surface area contributed by atoms with Gasteiger partial charge in [-0.2, -0.15) is 5.10 Å². The Morgan fingerprint density at radius 1 is 1.50 bits per heavy atom. The summed E-state index contributed by atoms with van der Waals surface area (Å²) in [4.78, 5) is 3.89. The summed E-state index contributed by atoms with van der Waals surface area (Å²) in [6.45, 7) is 0. The fraction of sp³-hybridized carbons (Fsp3) is 0.625. The third-order valence-corrected chi connectivity index (χ3v) is 2.30. The molecule has 1 fully saturated rings. The summed E-state index contributed by atoms with van der Waals surface area (Å²) in [6.07, 6.45) is 7.41. The smallest absolute Gasteiger partial charge is 0.138 e. The molecule has 1 aromatic rings. The third kappa shape index (κ3) is 1.76. The van der Waals surface area contributed by atoms with E-state index in [4.69, 9.17) is 5.73 Å². The first-order chi connectivity index (χ1) is 5.79.